The van der Waals surface area contributed by atoms with E-state index in [0.717, 1.165) is 38.5 Å². The average Bonchev–Trinajstić information content (AvgIpc) is 3.06. The van der Waals surface area contributed by atoms with Crippen molar-refractivity contribution in [2.45, 2.75) is 0 Å². The highest BCUT2D eigenvalue weighted by Crippen LogP contribution is 2.40. The van der Waals surface area contributed by atoms with Gasteiger partial charge in [-0.1, -0.05) is 90.7 Å². The fourth-order valence-corrected chi connectivity index (χ4v) is 5.09. The smallest absolute Gasteiger partial charge is 0.270 e. The summed E-state index contributed by atoms with van der Waals surface area (Å²) in [7, 11) is 1.66. The third-order valence-electron chi connectivity index (χ3n) is 5.23. The topological polar surface area (TPSA) is 29.5 Å². The highest BCUT2D eigenvalue weighted by Gasteiger charge is 2.34. The lowest BCUT2D eigenvalue weighted by molar-refractivity contribution is -0.113. The Labute approximate surface area is 183 Å². The second kappa shape index (κ2) is 7.59. The maximum Gasteiger partial charge on any atom is 0.270 e. The molecule has 30 heavy (non-hydrogen) atoms. The number of benzene rings is 4. The number of anilines is 1. The minimum Gasteiger partial charge on any atom is -0.496 e. The molecule has 1 saturated heterocycles. The van der Waals surface area contributed by atoms with Crippen LogP contribution >= 0.6 is 24.0 Å². The summed E-state index contributed by atoms with van der Waals surface area (Å²) >= 11 is 6.93. The van der Waals surface area contributed by atoms with Crippen molar-refractivity contribution < 1.29 is 9.53 Å². The van der Waals surface area contributed by atoms with Gasteiger partial charge in [-0.25, -0.2) is 0 Å². The van der Waals surface area contributed by atoms with Gasteiger partial charge in [0.05, 0.1) is 17.7 Å². The summed E-state index contributed by atoms with van der Waals surface area (Å²) in [5.41, 5.74) is 1.78. The van der Waals surface area contributed by atoms with Gasteiger partial charge in [-0.2, -0.15) is 0 Å². The predicted molar refractivity (Wildman–Crippen MR) is 130 cm³/mol. The molecule has 0 radical (unpaired) electrons. The third kappa shape index (κ3) is 3.07. The number of carbonyl (C=O) groups is 1. The first-order valence-electron chi connectivity index (χ1n) is 9.49. The average molecular weight is 428 g/mol. The molecule has 0 N–H and O–H groups in total. The standard InChI is InChI=1S/C25H17NO2S2/c1-28-22-14-13-17(18-9-4-5-11-20(18)22)15-23-24(27)26(25(29)30-23)21-12-6-8-16-7-2-3-10-19(16)21/h2-15H,1H3/b23-15-. The van der Waals surface area contributed by atoms with Crippen LogP contribution in [0.1, 0.15) is 5.56 Å². The molecule has 0 atom stereocenters. The molecular formula is C25H17NO2S2. The molecule has 5 rings (SSSR count). The van der Waals surface area contributed by atoms with Gasteiger partial charge >= 0.3 is 0 Å². The molecule has 0 bridgehead atoms. The van der Waals surface area contributed by atoms with Crippen LogP contribution in [0.15, 0.2) is 83.8 Å². The Morgan fingerprint density at radius 3 is 2.37 bits per heavy atom. The summed E-state index contributed by atoms with van der Waals surface area (Å²) in [6.45, 7) is 0. The zero-order valence-corrected chi connectivity index (χ0v) is 17.8. The van der Waals surface area contributed by atoms with Gasteiger partial charge in [0.1, 0.15) is 5.75 Å². The fourth-order valence-electron chi connectivity index (χ4n) is 3.82. The van der Waals surface area contributed by atoms with Crippen molar-refractivity contribution in [2.75, 3.05) is 12.0 Å². The molecule has 146 valence electrons. The van der Waals surface area contributed by atoms with Gasteiger partial charge in [0.25, 0.3) is 5.91 Å². The summed E-state index contributed by atoms with van der Waals surface area (Å²) in [6.07, 6.45) is 1.92. The Balaban J connectivity index is 1.60. The predicted octanol–water partition coefficient (Wildman–Crippen LogP) is 6.41. The molecule has 0 aliphatic carbocycles. The first-order chi connectivity index (χ1) is 14.7. The van der Waals surface area contributed by atoms with Crippen molar-refractivity contribution >= 4 is 67.5 Å². The lowest BCUT2D eigenvalue weighted by Gasteiger charge is -2.17. The van der Waals surface area contributed by atoms with E-state index < -0.39 is 0 Å². The maximum atomic E-state index is 13.3. The van der Waals surface area contributed by atoms with E-state index in [9.17, 15) is 4.79 Å². The number of hydrogen-bond donors (Lipinski definition) is 0. The summed E-state index contributed by atoms with van der Waals surface area (Å²) in [5, 5.41) is 4.13. The zero-order valence-electron chi connectivity index (χ0n) is 16.2. The van der Waals surface area contributed by atoms with Crippen LogP contribution in [0.25, 0.3) is 27.6 Å². The number of thioether (sulfide) groups is 1. The van der Waals surface area contributed by atoms with Crippen LogP contribution < -0.4 is 9.64 Å². The number of carbonyl (C=O) groups excluding carboxylic acids is 1. The van der Waals surface area contributed by atoms with Crippen LogP contribution in [0.2, 0.25) is 0 Å². The minimum atomic E-state index is -0.0961. The van der Waals surface area contributed by atoms with Gasteiger partial charge in [0.15, 0.2) is 4.32 Å². The monoisotopic (exact) mass is 427 g/mol. The number of ether oxygens (including phenoxy) is 1. The molecule has 1 amide bonds. The van der Waals surface area contributed by atoms with Crippen molar-refractivity contribution in [1.29, 1.82) is 0 Å². The Morgan fingerprint density at radius 1 is 0.867 bits per heavy atom. The van der Waals surface area contributed by atoms with Crippen molar-refractivity contribution in [3.05, 3.63) is 89.3 Å². The third-order valence-corrected chi connectivity index (χ3v) is 6.53. The lowest BCUT2D eigenvalue weighted by atomic mass is 10.0. The first kappa shape index (κ1) is 18.9. The van der Waals surface area contributed by atoms with E-state index in [1.165, 1.54) is 11.8 Å². The maximum absolute atomic E-state index is 13.3. The number of fused-ring (bicyclic) bond motifs is 2. The number of rotatable bonds is 3. The van der Waals surface area contributed by atoms with Crippen molar-refractivity contribution in [3.8, 4) is 5.75 Å². The zero-order chi connectivity index (χ0) is 20.7. The summed E-state index contributed by atoms with van der Waals surface area (Å²) in [5.74, 6) is 0.715. The number of hydrogen-bond acceptors (Lipinski definition) is 4. The molecule has 0 saturated carbocycles. The van der Waals surface area contributed by atoms with Gasteiger partial charge in [-0.05, 0) is 34.5 Å². The molecule has 5 heteroatoms. The number of amides is 1. The highest BCUT2D eigenvalue weighted by molar-refractivity contribution is 8.27. The van der Waals surface area contributed by atoms with E-state index >= 15 is 0 Å². The van der Waals surface area contributed by atoms with Crippen LogP contribution in [0.4, 0.5) is 5.69 Å². The van der Waals surface area contributed by atoms with E-state index in [1.54, 1.807) is 12.0 Å². The number of methoxy groups -OCH3 is 1. The summed E-state index contributed by atoms with van der Waals surface area (Å²) in [4.78, 5) is 15.6. The largest absolute Gasteiger partial charge is 0.496 e. The molecule has 4 aromatic rings. The lowest BCUT2D eigenvalue weighted by Crippen LogP contribution is -2.27. The Bertz CT molecular complexity index is 1350. The normalized spacial score (nSPS) is 15.5. The quantitative estimate of drug-likeness (QED) is 0.279. The van der Waals surface area contributed by atoms with Crippen LogP contribution in [-0.4, -0.2) is 17.3 Å². The molecule has 4 aromatic carbocycles. The van der Waals surface area contributed by atoms with Gasteiger partial charge in [-0.3, -0.25) is 9.69 Å². The van der Waals surface area contributed by atoms with Crippen molar-refractivity contribution in [1.82, 2.24) is 0 Å². The Morgan fingerprint density at radius 2 is 1.57 bits per heavy atom. The van der Waals surface area contributed by atoms with E-state index in [0.29, 0.717) is 9.23 Å². The van der Waals surface area contributed by atoms with E-state index in [-0.39, 0.29) is 5.91 Å². The molecular weight excluding hydrogens is 410 g/mol. The molecule has 1 heterocycles. The molecule has 1 aliphatic rings. The van der Waals surface area contributed by atoms with Gasteiger partial charge in [0, 0.05) is 10.8 Å². The minimum absolute atomic E-state index is 0.0961. The molecule has 1 aliphatic heterocycles. The van der Waals surface area contributed by atoms with E-state index in [1.807, 2.05) is 84.9 Å². The highest BCUT2D eigenvalue weighted by atomic mass is 32.2. The van der Waals surface area contributed by atoms with Crippen LogP contribution in [0.5, 0.6) is 5.75 Å². The number of nitrogens with zero attached hydrogens (tertiary/aromatic N) is 1. The molecule has 3 nitrogen and oxygen atoms in total. The van der Waals surface area contributed by atoms with Crippen molar-refractivity contribution in [3.63, 3.8) is 0 Å². The van der Waals surface area contributed by atoms with Crippen LogP contribution in [-0.2, 0) is 4.79 Å². The SMILES string of the molecule is COc1ccc(/C=C2\SC(=S)N(c3cccc4ccccc34)C2=O)c2ccccc12. The molecule has 0 aromatic heterocycles. The molecule has 0 spiro atoms. The van der Waals surface area contributed by atoms with Gasteiger partial charge in [0.2, 0.25) is 0 Å². The summed E-state index contributed by atoms with van der Waals surface area (Å²) < 4.78 is 6.03. The summed E-state index contributed by atoms with van der Waals surface area (Å²) in [6, 6.07) is 25.9. The fraction of sp³-hybridized carbons (Fsp3) is 0.0400. The Kier molecular flexibility index (Phi) is 4.77. The molecule has 0 unspecified atom stereocenters. The second-order valence-electron chi connectivity index (χ2n) is 6.92. The van der Waals surface area contributed by atoms with Crippen LogP contribution in [0.3, 0.4) is 0 Å². The van der Waals surface area contributed by atoms with E-state index in [2.05, 4.69) is 0 Å². The van der Waals surface area contributed by atoms with Gasteiger partial charge in [-0.15, -0.1) is 0 Å². The number of thiocarbonyl (C=S) groups is 1. The van der Waals surface area contributed by atoms with Crippen LogP contribution in [0, 0.1) is 0 Å². The van der Waals surface area contributed by atoms with Crippen molar-refractivity contribution in [2.24, 2.45) is 0 Å². The van der Waals surface area contributed by atoms with Gasteiger partial charge < -0.3 is 4.74 Å². The molecule has 1 fully saturated rings. The Hall–Kier alpha value is -3.15. The first-order valence-corrected chi connectivity index (χ1v) is 10.7. The second-order valence-corrected chi connectivity index (χ2v) is 8.59. The van der Waals surface area contributed by atoms with E-state index in [4.69, 9.17) is 17.0 Å².